The highest BCUT2D eigenvalue weighted by Crippen LogP contribution is 2.31. The molecule has 0 aliphatic rings. The highest BCUT2D eigenvalue weighted by atomic mass is 19.1. The highest BCUT2D eigenvalue weighted by molar-refractivity contribution is 5.96. The SMILES string of the molecule is CCCCCCCCCCCCCCCCCCOc1ccc(C(=O)Oc2ccc(C(=O)Oc3ccc(OC(=O)c4ccc(OC(=O)c5ccc(OCCCCCCCCCOc6ccc(C(=O)Oc7ccc(C(=O)Oc8ccc(OC(=O)c9ccc(OC(=O)c%10ccc(OCCCCCCCCCCCCCCCCCC)c(F)c%10)cc9)cc8)c(F)c7)cc6)cc5)cc4F)cc3)cc2)cc1F. The van der Waals surface area contributed by atoms with Crippen LogP contribution >= 0.6 is 0 Å². The minimum atomic E-state index is -1.04. The average Bonchev–Trinajstić information content (AvgIpc) is 0.833. The Morgan fingerprint density at radius 1 is 0.175 bits per heavy atom. The topological polar surface area (TPSA) is 247 Å². The van der Waals surface area contributed by atoms with E-state index in [9.17, 15) is 47.1 Å². The molecular formula is C113H128F4O20. The van der Waals surface area contributed by atoms with Crippen molar-refractivity contribution < 1.29 is 113 Å². The smallest absolute Gasteiger partial charge is 0.346 e. The first-order chi connectivity index (χ1) is 66.8. The van der Waals surface area contributed by atoms with Gasteiger partial charge >= 0.3 is 47.8 Å². The standard InChI is InChI=1S/C113H128F4O20/c1-3-5-7-9-11-13-15-17-19-21-23-25-27-30-36-40-76-128-104-72-50-86(78-102(104)116)110(122)132-90-56-46-84(47-57-90)106(118)130-92-60-64-94(65-61-92)134-112(124)98-70-68-96(80-100(98)114)136-108(120)82-42-52-88(53-43-82)126-74-38-34-32-29-33-35-39-75-127-89-54-44-83(45-55-89)109(121)137-97-69-71-99(101(115)81-97)113(125)135-95-66-62-93(63-67-95)131-107(119)85-48-58-91(59-49-85)133-111(123)87-51-73-105(103(117)79-87)129-77-41-37-31-28-26-24-22-20-18-16-14-12-10-8-6-4-2/h42-73,78-81H,3-41,74-77H2,1-2H3. The molecule has 10 aromatic carbocycles. The van der Waals surface area contributed by atoms with E-state index in [1.165, 1.54) is 325 Å². The molecule has 0 bridgehead atoms. The van der Waals surface area contributed by atoms with Crippen LogP contribution in [0.5, 0.6) is 69.0 Å². The van der Waals surface area contributed by atoms with E-state index in [2.05, 4.69) is 13.8 Å². The Hall–Kier alpha value is -13.1. The van der Waals surface area contributed by atoms with Crippen LogP contribution in [0.3, 0.4) is 0 Å². The highest BCUT2D eigenvalue weighted by Gasteiger charge is 2.23. The van der Waals surface area contributed by atoms with Gasteiger partial charge in [-0.1, -0.05) is 239 Å². The molecule has 0 heterocycles. The van der Waals surface area contributed by atoms with E-state index in [4.69, 9.17) is 56.8 Å². The van der Waals surface area contributed by atoms with Crippen LogP contribution in [-0.4, -0.2) is 74.2 Å². The number of benzene rings is 10. The molecule has 0 atom stereocenters. The van der Waals surface area contributed by atoms with Crippen LogP contribution in [0.15, 0.2) is 218 Å². The third-order valence-corrected chi connectivity index (χ3v) is 23.2. The molecule has 0 aromatic heterocycles. The maximum atomic E-state index is 15.3. The van der Waals surface area contributed by atoms with Crippen LogP contribution in [0.2, 0.25) is 0 Å². The van der Waals surface area contributed by atoms with Crippen LogP contribution in [0.1, 0.15) is 347 Å². The van der Waals surface area contributed by atoms with E-state index < -0.39 is 82.2 Å². The van der Waals surface area contributed by atoms with Crippen molar-refractivity contribution in [3.8, 4) is 69.0 Å². The molecule has 20 nitrogen and oxygen atoms in total. The Balaban J connectivity index is 0.519. The van der Waals surface area contributed by atoms with Crippen molar-refractivity contribution in [2.45, 2.75) is 264 Å². The monoisotopic (exact) mass is 1880 g/mol. The quantitative estimate of drug-likeness (QED) is 0.0149. The number of unbranched alkanes of at least 4 members (excludes halogenated alkanes) is 36. The molecule has 0 aliphatic carbocycles. The van der Waals surface area contributed by atoms with Crippen molar-refractivity contribution in [3.05, 3.63) is 286 Å². The lowest BCUT2D eigenvalue weighted by Gasteiger charge is -2.10. The maximum Gasteiger partial charge on any atom is 0.346 e. The van der Waals surface area contributed by atoms with Crippen LogP contribution < -0.4 is 56.8 Å². The van der Waals surface area contributed by atoms with Gasteiger partial charge in [-0.05, 0) is 232 Å². The van der Waals surface area contributed by atoms with Crippen molar-refractivity contribution in [2.75, 3.05) is 26.4 Å². The van der Waals surface area contributed by atoms with Gasteiger partial charge in [-0.25, -0.2) is 55.9 Å². The van der Waals surface area contributed by atoms with E-state index in [1.54, 1.807) is 24.3 Å². The summed E-state index contributed by atoms with van der Waals surface area (Å²) in [5.41, 5.74) is -0.296. The van der Waals surface area contributed by atoms with Crippen molar-refractivity contribution >= 4 is 47.8 Å². The fourth-order valence-corrected chi connectivity index (χ4v) is 15.2. The predicted molar refractivity (Wildman–Crippen MR) is 517 cm³/mol. The molecule has 0 saturated carbocycles. The average molecular weight is 1880 g/mol. The van der Waals surface area contributed by atoms with E-state index >= 15 is 8.78 Å². The summed E-state index contributed by atoms with van der Waals surface area (Å²) in [4.78, 5) is 104. The predicted octanol–water partition coefficient (Wildman–Crippen LogP) is 29.5. The molecule has 10 rings (SSSR count). The number of carbonyl (C=O) groups is 8. The van der Waals surface area contributed by atoms with E-state index in [-0.39, 0.29) is 90.9 Å². The Kier molecular flexibility index (Phi) is 46.7. The summed E-state index contributed by atoms with van der Waals surface area (Å²) < 4.78 is 127. The molecular weight excluding hydrogens is 1750 g/mol. The van der Waals surface area contributed by atoms with Crippen LogP contribution in [0.4, 0.5) is 17.6 Å². The van der Waals surface area contributed by atoms with Crippen molar-refractivity contribution in [1.29, 1.82) is 0 Å². The first-order valence-corrected chi connectivity index (χ1v) is 48.9. The molecule has 137 heavy (non-hydrogen) atoms. The molecule has 0 fully saturated rings. The van der Waals surface area contributed by atoms with Gasteiger partial charge in [-0.3, -0.25) is 0 Å². The summed E-state index contributed by atoms with van der Waals surface area (Å²) >= 11 is 0. The third kappa shape index (κ3) is 38.9. The first-order valence-electron chi connectivity index (χ1n) is 48.9. The Morgan fingerprint density at radius 3 is 0.591 bits per heavy atom. The van der Waals surface area contributed by atoms with Crippen molar-refractivity contribution in [3.63, 3.8) is 0 Å². The Bertz CT molecular complexity index is 5040. The van der Waals surface area contributed by atoms with Crippen molar-refractivity contribution in [1.82, 2.24) is 0 Å². The van der Waals surface area contributed by atoms with Gasteiger partial charge in [-0.15, -0.1) is 0 Å². The largest absolute Gasteiger partial charge is 0.494 e. The lowest BCUT2D eigenvalue weighted by molar-refractivity contribution is 0.0712. The molecule has 0 saturated heterocycles. The zero-order chi connectivity index (χ0) is 96.8. The summed E-state index contributed by atoms with van der Waals surface area (Å²) in [6.45, 7) is 6.18. The second kappa shape index (κ2) is 60.4. The van der Waals surface area contributed by atoms with Gasteiger partial charge in [0.15, 0.2) is 23.1 Å². The number of esters is 8. The number of halogens is 4. The van der Waals surface area contributed by atoms with Crippen LogP contribution in [0, 0.1) is 23.3 Å². The van der Waals surface area contributed by atoms with E-state index in [0.29, 0.717) is 37.9 Å². The minimum Gasteiger partial charge on any atom is -0.494 e. The number of ether oxygens (including phenoxy) is 12. The van der Waals surface area contributed by atoms with Gasteiger partial charge in [0.05, 0.1) is 70.9 Å². The number of hydrogen-bond acceptors (Lipinski definition) is 20. The number of hydrogen-bond donors (Lipinski definition) is 0. The molecule has 0 spiro atoms. The number of rotatable bonds is 64. The zero-order valence-corrected chi connectivity index (χ0v) is 78.9. The first kappa shape index (κ1) is 106. The second-order valence-electron chi connectivity index (χ2n) is 34.2. The van der Waals surface area contributed by atoms with Gasteiger partial charge in [-0.2, -0.15) is 0 Å². The summed E-state index contributed by atoms with van der Waals surface area (Å²) in [5.74, 6) is -8.71. The fraction of sp³-hybridized carbons (Fsp3) is 0.398. The fourth-order valence-electron chi connectivity index (χ4n) is 15.2. The van der Waals surface area contributed by atoms with Crippen molar-refractivity contribution in [2.24, 2.45) is 0 Å². The van der Waals surface area contributed by atoms with Gasteiger partial charge in [0.2, 0.25) is 0 Å². The molecule has 0 unspecified atom stereocenters. The van der Waals surface area contributed by atoms with Gasteiger partial charge in [0.1, 0.15) is 69.1 Å². The molecule has 24 heteroatoms. The number of carbonyl (C=O) groups excluding carboxylic acids is 8. The minimum absolute atomic E-state index is 0.0140. The molecule has 728 valence electrons. The van der Waals surface area contributed by atoms with Crippen LogP contribution in [0.25, 0.3) is 0 Å². The van der Waals surface area contributed by atoms with Gasteiger partial charge in [0, 0.05) is 12.1 Å². The molecule has 10 aromatic rings. The Labute approximate surface area is 802 Å². The normalized spacial score (nSPS) is 11.0. The third-order valence-electron chi connectivity index (χ3n) is 23.2. The molecule has 0 amide bonds. The molecule has 0 aliphatic heterocycles. The van der Waals surface area contributed by atoms with Gasteiger partial charge in [0.25, 0.3) is 0 Å². The second-order valence-corrected chi connectivity index (χ2v) is 34.2. The summed E-state index contributed by atoms with van der Waals surface area (Å²) in [6, 6.07) is 49.0. The zero-order valence-electron chi connectivity index (χ0n) is 78.9. The molecule has 0 radical (unpaired) electrons. The van der Waals surface area contributed by atoms with Gasteiger partial charge < -0.3 is 56.8 Å². The van der Waals surface area contributed by atoms with Crippen LogP contribution in [-0.2, 0) is 0 Å². The summed E-state index contributed by atoms with van der Waals surface area (Å²) in [6.07, 6.45) is 46.7. The lowest BCUT2D eigenvalue weighted by Crippen LogP contribution is -2.12. The molecule has 0 N–H and O–H groups in total. The van der Waals surface area contributed by atoms with E-state index in [0.717, 1.165) is 120 Å². The lowest BCUT2D eigenvalue weighted by atomic mass is 10.0. The summed E-state index contributed by atoms with van der Waals surface area (Å²) in [7, 11) is 0. The summed E-state index contributed by atoms with van der Waals surface area (Å²) in [5, 5.41) is 0. The van der Waals surface area contributed by atoms with E-state index in [1.807, 2.05) is 0 Å². The maximum absolute atomic E-state index is 15.3. The Morgan fingerprint density at radius 2 is 0.358 bits per heavy atom.